The van der Waals surface area contributed by atoms with E-state index in [1.807, 2.05) is 24.3 Å². The number of benzene rings is 2. The molecule has 0 aromatic heterocycles. The molecule has 1 heterocycles. The number of sulfonamides is 1. The molecule has 2 aromatic carbocycles. The molecule has 9 heteroatoms. The third-order valence-electron chi connectivity index (χ3n) is 5.35. The van der Waals surface area contributed by atoms with E-state index in [0.29, 0.717) is 23.6 Å². The van der Waals surface area contributed by atoms with E-state index < -0.39 is 15.6 Å². The van der Waals surface area contributed by atoms with E-state index in [1.54, 1.807) is 32.0 Å². The zero-order valence-electron chi connectivity index (χ0n) is 17.4. The van der Waals surface area contributed by atoms with Crippen LogP contribution < -0.4 is 0 Å². The molecule has 6 nitrogen and oxygen atoms in total. The highest BCUT2D eigenvalue weighted by atomic mass is 79.9. The molecule has 0 saturated carbocycles. The van der Waals surface area contributed by atoms with Gasteiger partial charge in [-0.05, 0) is 55.7 Å². The summed E-state index contributed by atoms with van der Waals surface area (Å²) in [6.07, 6.45) is 0.456. The molecule has 0 amide bonds. The number of carbonyl (C=O) groups is 1. The first-order chi connectivity index (χ1) is 14.7. The van der Waals surface area contributed by atoms with Gasteiger partial charge in [-0.1, -0.05) is 45.7 Å². The summed E-state index contributed by atoms with van der Waals surface area (Å²) in [4.78, 5) is 12.0. The van der Waals surface area contributed by atoms with Crippen molar-refractivity contribution >= 4 is 43.5 Å². The van der Waals surface area contributed by atoms with Crippen molar-refractivity contribution in [3.63, 3.8) is 0 Å². The van der Waals surface area contributed by atoms with Crippen molar-refractivity contribution in [3.05, 3.63) is 63.1 Å². The number of hydrogen-bond donors (Lipinski definition) is 0. The maximum atomic E-state index is 13.9. The maximum Gasteiger partial charge on any atom is 0.305 e. The fraction of sp³-hybridized carbons (Fsp3) is 0.409. The SMILES string of the molecule is CCOC(=O)CCCN(C1(c2cccc(Br)c2)COC1)S(=O)(=O)c1cccc(Cl)c1C. The summed E-state index contributed by atoms with van der Waals surface area (Å²) in [6.45, 7) is 4.31. The van der Waals surface area contributed by atoms with Gasteiger partial charge in [0, 0.05) is 22.5 Å². The third-order valence-corrected chi connectivity index (χ3v) is 8.37. The summed E-state index contributed by atoms with van der Waals surface area (Å²) in [5, 5.41) is 0.383. The lowest BCUT2D eigenvalue weighted by atomic mass is 9.87. The van der Waals surface area contributed by atoms with Gasteiger partial charge in [0.2, 0.25) is 10.0 Å². The van der Waals surface area contributed by atoms with Gasteiger partial charge in [0.05, 0.1) is 24.7 Å². The lowest BCUT2D eigenvalue weighted by Crippen LogP contribution is -2.61. The van der Waals surface area contributed by atoms with E-state index in [2.05, 4.69) is 15.9 Å². The standard InChI is InChI=1S/C22H25BrClNO5S/c1-3-30-21(26)11-6-12-25(31(27,28)20-10-5-9-19(24)16(20)2)22(14-29-15-22)17-7-4-8-18(23)13-17/h4-5,7-10,13H,3,6,11-12,14-15H2,1-2H3. The van der Waals surface area contributed by atoms with Gasteiger partial charge in [-0.2, -0.15) is 4.31 Å². The van der Waals surface area contributed by atoms with Gasteiger partial charge < -0.3 is 9.47 Å². The average Bonchev–Trinajstić information content (AvgIpc) is 2.68. The Bertz CT molecular complexity index is 1060. The molecule has 1 aliphatic rings. The molecule has 1 aliphatic heterocycles. The van der Waals surface area contributed by atoms with Crippen molar-refractivity contribution in [3.8, 4) is 0 Å². The predicted molar refractivity (Wildman–Crippen MR) is 123 cm³/mol. The number of halogens is 2. The van der Waals surface area contributed by atoms with Gasteiger partial charge in [0.25, 0.3) is 0 Å². The first-order valence-corrected chi connectivity index (χ1v) is 12.6. The minimum Gasteiger partial charge on any atom is -0.466 e. The van der Waals surface area contributed by atoms with Crippen LogP contribution in [0, 0.1) is 6.92 Å². The lowest BCUT2D eigenvalue weighted by molar-refractivity contribution is -0.143. The molecule has 1 fully saturated rings. The largest absolute Gasteiger partial charge is 0.466 e. The highest BCUT2D eigenvalue weighted by molar-refractivity contribution is 9.10. The number of nitrogens with zero attached hydrogens (tertiary/aromatic N) is 1. The summed E-state index contributed by atoms with van der Waals surface area (Å²) in [7, 11) is -3.94. The van der Waals surface area contributed by atoms with Crippen LogP contribution >= 0.6 is 27.5 Å². The monoisotopic (exact) mass is 529 g/mol. The van der Waals surface area contributed by atoms with E-state index in [0.717, 1.165) is 10.0 Å². The van der Waals surface area contributed by atoms with E-state index in [1.165, 1.54) is 4.31 Å². The molecule has 0 atom stereocenters. The van der Waals surface area contributed by atoms with Crippen molar-refractivity contribution < 1.29 is 22.7 Å². The van der Waals surface area contributed by atoms with Crippen LogP contribution in [-0.2, 0) is 29.8 Å². The van der Waals surface area contributed by atoms with Gasteiger partial charge in [0.15, 0.2) is 0 Å². The molecular formula is C22H25BrClNO5S. The van der Waals surface area contributed by atoms with Crippen LogP contribution in [0.15, 0.2) is 51.8 Å². The van der Waals surface area contributed by atoms with Crippen molar-refractivity contribution in [1.82, 2.24) is 4.31 Å². The van der Waals surface area contributed by atoms with Crippen molar-refractivity contribution in [1.29, 1.82) is 0 Å². The summed E-state index contributed by atoms with van der Waals surface area (Å²) >= 11 is 9.71. The highest BCUT2D eigenvalue weighted by Gasteiger charge is 2.51. The number of hydrogen-bond acceptors (Lipinski definition) is 5. The fourth-order valence-electron chi connectivity index (χ4n) is 3.68. The van der Waals surface area contributed by atoms with E-state index >= 15 is 0 Å². The second-order valence-electron chi connectivity index (χ2n) is 7.38. The summed E-state index contributed by atoms with van der Waals surface area (Å²) in [6, 6.07) is 12.4. The number of ether oxygens (including phenoxy) is 2. The minimum atomic E-state index is -3.94. The van der Waals surface area contributed by atoms with Crippen molar-refractivity contribution in [2.24, 2.45) is 0 Å². The van der Waals surface area contributed by atoms with Gasteiger partial charge >= 0.3 is 5.97 Å². The zero-order valence-corrected chi connectivity index (χ0v) is 20.6. The highest BCUT2D eigenvalue weighted by Crippen LogP contribution is 2.41. The summed E-state index contributed by atoms with van der Waals surface area (Å²) in [5.74, 6) is -0.347. The molecular weight excluding hydrogens is 506 g/mol. The molecule has 0 aliphatic carbocycles. The maximum absolute atomic E-state index is 13.9. The van der Waals surface area contributed by atoms with Crippen LogP contribution in [0.3, 0.4) is 0 Å². The Labute approximate surface area is 196 Å². The van der Waals surface area contributed by atoms with Crippen LogP contribution in [0.25, 0.3) is 0 Å². The second-order valence-corrected chi connectivity index (χ2v) is 10.5. The Kier molecular flexibility index (Phi) is 7.81. The van der Waals surface area contributed by atoms with Gasteiger partial charge in [-0.25, -0.2) is 8.42 Å². The van der Waals surface area contributed by atoms with Crippen LogP contribution in [0.2, 0.25) is 5.02 Å². The zero-order chi connectivity index (χ0) is 22.6. The number of carbonyl (C=O) groups excluding carboxylic acids is 1. The molecule has 31 heavy (non-hydrogen) atoms. The summed E-state index contributed by atoms with van der Waals surface area (Å²) in [5.41, 5.74) is 0.447. The van der Waals surface area contributed by atoms with E-state index in [9.17, 15) is 13.2 Å². The molecule has 0 radical (unpaired) electrons. The molecule has 0 N–H and O–H groups in total. The summed E-state index contributed by atoms with van der Waals surface area (Å²) < 4.78 is 40.6. The van der Waals surface area contributed by atoms with E-state index in [4.69, 9.17) is 21.1 Å². The van der Waals surface area contributed by atoms with Crippen LogP contribution in [-0.4, -0.2) is 45.1 Å². The Morgan fingerprint density at radius 3 is 2.58 bits per heavy atom. The van der Waals surface area contributed by atoms with Crippen LogP contribution in [0.5, 0.6) is 0 Å². The quantitative estimate of drug-likeness (QED) is 0.441. The Morgan fingerprint density at radius 2 is 1.97 bits per heavy atom. The normalized spacial score (nSPS) is 15.5. The van der Waals surface area contributed by atoms with Crippen molar-refractivity contribution in [2.75, 3.05) is 26.4 Å². The van der Waals surface area contributed by atoms with Gasteiger partial charge in [-0.15, -0.1) is 0 Å². The molecule has 1 saturated heterocycles. The second kappa shape index (κ2) is 10.0. The predicted octanol–water partition coefficient (Wildman–Crippen LogP) is 4.67. The Morgan fingerprint density at radius 1 is 1.26 bits per heavy atom. The minimum absolute atomic E-state index is 0.129. The average molecular weight is 531 g/mol. The van der Waals surface area contributed by atoms with Crippen LogP contribution in [0.1, 0.15) is 30.9 Å². The lowest BCUT2D eigenvalue weighted by Gasteiger charge is -2.49. The van der Waals surface area contributed by atoms with E-state index in [-0.39, 0.29) is 37.0 Å². The molecule has 168 valence electrons. The smallest absolute Gasteiger partial charge is 0.305 e. The molecule has 0 spiro atoms. The van der Waals surface area contributed by atoms with Crippen molar-refractivity contribution in [2.45, 2.75) is 37.1 Å². The Hall–Kier alpha value is -1.45. The first kappa shape index (κ1) is 24.2. The fourth-order valence-corrected chi connectivity index (χ4v) is 6.33. The van der Waals surface area contributed by atoms with Crippen LogP contribution in [0.4, 0.5) is 0 Å². The Balaban J connectivity index is 2.04. The molecule has 0 unspecified atom stereocenters. The molecule has 3 rings (SSSR count). The third kappa shape index (κ3) is 4.98. The van der Waals surface area contributed by atoms with Gasteiger partial charge in [0.1, 0.15) is 5.54 Å². The van der Waals surface area contributed by atoms with Gasteiger partial charge in [-0.3, -0.25) is 4.79 Å². The molecule has 0 bridgehead atoms. The number of esters is 1. The molecule has 2 aromatic rings. The topological polar surface area (TPSA) is 72.9 Å². The number of rotatable bonds is 9. The first-order valence-electron chi connectivity index (χ1n) is 10.00.